The van der Waals surface area contributed by atoms with Gasteiger partial charge in [0.25, 0.3) is 0 Å². The van der Waals surface area contributed by atoms with Crippen LogP contribution in [0.2, 0.25) is 0 Å². The molecule has 2 nitrogen and oxygen atoms in total. The fourth-order valence-corrected chi connectivity index (χ4v) is 2.19. The van der Waals surface area contributed by atoms with Crippen molar-refractivity contribution < 1.29 is 4.79 Å². The van der Waals surface area contributed by atoms with E-state index in [2.05, 4.69) is 13.2 Å². The molecule has 0 aromatic carbocycles. The lowest BCUT2D eigenvalue weighted by Gasteiger charge is -2.26. The molecule has 0 aliphatic heterocycles. The normalized spacial score (nSPS) is 17.9. The van der Waals surface area contributed by atoms with Crippen LogP contribution in [0.3, 0.4) is 0 Å². The molecule has 88 valence electrons. The fraction of sp³-hybridized carbons (Fsp3) is 0.500. The maximum atomic E-state index is 12.2. The zero-order chi connectivity index (χ0) is 12.0. The topological polar surface area (TPSA) is 20.3 Å². The van der Waals surface area contributed by atoms with E-state index in [4.69, 9.17) is 0 Å². The number of nitrogens with zero attached hydrogens (tertiary/aromatic N) is 1. The van der Waals surface area contributed by atoms with Crippen LogP contribution in [0.4, 0.5) is 0 Å². The van der Waals surface area contributed by atoms with Gasteiger partial charge in [0.05, 0.1) is 0 Å². The lowest BCUT2D eigenvalue weighted by Crippen LogP contribution is -2.32. The van der Waals surface area contributed by atoms with Gasteiger partial charge in [-0.1, -0.05) is 38.5 Å². The molecule has 0 aromatic rings. The molecule has 0 radical (unpaired) electrons. The van der Waals surface area contributed by atoms with Gasteiger partial charge >= 0.3 is 0 Å². The molecular formula is C14H21NO. The third-order valence-electron chi connectivity index (χ3n) is 3.17. The van der Waals surface area contributed by atoms with Crippen LogP contribution in [0.25, 0.3) is 0 Å². The first-order valence-electron chi connectivity index (χ1n) is 5.93. The third-order valence-corrected chi connectivity index (χ3v) is 3.17. The van der Waals surface area contributed by atoms with E-state index in [1.54, 1.807) is 17.1 Å². The van der Waals surface area contributed by atoms with Crippen molar-refractivity contribution in [1.29, 1.82) is 0 Å². The Kier molecular flexibility index (Phi) is 5.03. The third kappa shape index (κ3) is 3.09. The van der Waals surface area contributed by atoms with Crippen molar-refractivity contribution >= 4 is 5.91 Å². The van der Waals surface area contributed by atoms with Crippen molar-refractivity contribution in [1.82, 2.24) is 4.90 Å². The lowest BCUT2D eigenvalue weighted by molar-refractivity contribution is -0.133. The highest BCUT2D eigenvalue weighted by Crippen LogP contribution is 2.26. The van der Waals surface area contributed by atoms with Gasteiger partial charge in [-0.15, -0.1) is 0 Å². The van der Waals surface area contributed by atoms with Crippen molar-refractivity contribution in [3.05, 3.63) is 37.1 Å². The molecular weight excluding hydrogens is 198 g/mol. The van der Waals surface area contributed by atoms with Crippen molar-refractivity contribution in [2.24, 2.45) is 5.92 Å². The number of allylic oxidation sites excluding steroid dienone is 3. The van der Waals surface area contributed by atoms with Gasteiger partial charge in [-0.3, -0.25) is 4.79 Å². The van der Waals surface area contributed by atoms with Gasteiger partial charge in [0, 0.05) is 18.7 Å². The first-order valence-corrected chi connectivity index (χ1v) is 5.93. The minimum absolute atomic E-state index is 0.201. The van der Waals surface area contributed by atoms with Crippen molar-refractivity contribution in [2.45, 2.75) is 32.1 Å². The van der Waals surface area contributed by atoms with Crippen LogP contribution in [-0.4, -0.2) is 17.9 Å². The van der Waals surface area contributed by atoms with Gasteiger partial charge < -0.3 is 4.90 Å². The highest BCUT2D eigenvalue weighted by molar-refractivity contribution is 5.80. The molecule has 0 unspecified atom stereocenters. The number of hydrogen-bond acceptors (Lipinski definition) is 1. The summed E-state index contributed by atoms with van der Waals surface area (Å²) in [6.07, 6.45) is 10.9. The molecule has 1 rings (SSSR count). The van der Waals surface area contributed by atoms with E-state index in [0.29, 0.717) is 0 Å². The van der Waals surface area contributed by atoms with E-state index in [1.165, 1.54) is 19.3 Å². The van der Waals surface area contributed by atoms with E-state index in [9.17, 15) is 4.79 Å². The van der Waals surface area contributed by atoms with E-state index in [-0.39, 0.29) is 11.8 Å². The molecule has 0 atom stereocenters. The van der Waals surface area contributed by atoms with Gasteiger partial charge in [0.15, 0.2) is 0 Å². The molecule has 1 fully saturated rings. The summed E-state index contributed by atoms with van der Waals surface area (Å²) >= 11 is 0. The molecule has 0 aromatic heterocycles. The average molecular weight is 219 g/mol. The Balaban J connectivity index is 2.67. The number of hydrogen-bond donors (Lipinski definition) is 0. The zero-order valence-electron chi connectivity index (χ0n) is 10.1. The SMILES string of the molecule is C=CC=C(C=C)N(C)C(=O)C1CCCCC1. The Morgan fingerprint density at radius 2 is 1.88 bits per heavy atom. The second-order valence-electron chi connectivity index (χ2n) is 4.26. The first kappa shape index (κ1) is 12.8. The Bertz CT molecular complexity index is 298. The van der Waals surface area contributed by atoms with Crippen molar-refractivity contribution in [3.8, 4) is 0 Å². The average Bonchev–Trinajstić information content (AvgIpc) is 2.35. The van der Waals surface area contributed by atoms with Crippen LogP contribution >= 0.6 is 0 Å². The summed E-state index contributed by atoms with van der Waals surface area (Å²) in [4.78, 5) is 13.9. The molecule has 1 amide bonds. The molecule has 1 saturated carbocycles. The van der Waals surface area contributed by atoms with Gasteiger partial charge in [0.2, 0.25) is 5.91 Å². The van der Waals surface area contributed by atoms with Crippen LogP contribution in [0, 0.1) is 5.92 Å². The number of carbonyl (C=O) groups excluding carboxylic acids is 1. The largest absolute Gasteiger partial charge is 0.315 e. The molecule has 1 aliphatic carbocycles. The maximum absolute atomic E-state index is 12.2. The van der Waals surface area contributed by atoms with E-state index < -0.39 is 0 Å². The first-order chi connectivity index (χ1) is 7.70. The highest BCUT2D eigenvalue weighted by Gasteiger charge is 2.24. The van der Waals surface area contributed by atoms with Gasteiger partial charge in [-0.25, -0.2) is 0 Å². The zero-order valence-corrected chi connectivity index (χ0v) is 10.1. The predicted molar refractivity (Wildman–Crippen MR) is 67.8 cm³/mol. The van der Waals surface area contributed by atoms with E-state index in [1.807, 2.05) is 13.1 Å². The van der Waals surface area contributed by atoms with Crippen LogP contribution in [0.1, 0.15) is 32.1 Å². The molecule has 2 heteroatoms. The molecule has 16 heavy (non-hydrogen) atoms. The predicted octanol–water partition coefficient (Wildman–Crippen LogP) is 3.28. The van der Waals surface area contributed by atoms with E-state index >= 15 is 0 Å². The van der Waals surface area contributed by atoms with Crippen LogP contribution in [0.15, 0.2) is 37.1 Å². The Morgan fingerprint density at radius 1 is 1.25 bits per heavy atom. The molecule has 0 N–H and O–H groups in total. The molecule has 0 heterocycles. The van der Waals surface area contributed by atoms with Gasteiger partial charge in [0.1, 0.15) is 0 Å². The van der Waals surface area contributed by atoms with Crippen LogP contribution in [0.5, 0.6) is 0 Å². The Morgan fingerprint density at radius 3 is 2.38 bits per heavy atom. The van der Waals surface area contributed by atoms with Crippen molar-refractivity contribution in [2.75, 3.05) is 7.05 Å². The minimum Gasteiger partial charge on any atom is -0.315 e. The molecule has 1 aliphatic rings. The molecule has 0 spiro atoms. The highest BCUT2D eigenvalue weighted by atomic mass is 16.2. The summed E-state index contributed by atoms with van der Waals surface area (Å²) in [5.41, 5.74) is 0.825. The summed E-state index contributed by atoms with van der Waals surface area (Å²) < 4.78 is 0. The Labute approximate surface area is 98.3 Å². The fourth-order valence-electron chi connectivity index (χ4n) is 2.19. The molecule has 0 bridgehead atoms. The van der Waals surface area contributed by atoms with Gasteiger partial charge in [-0.2, -0.15) is 0 Å². The number of amides is 1. The maximum Gasteiger partial charge on any atom is 0.229 e. The number of rotatable bonds is 4. The quantitative estimate of drug-likeness (QED) is 0.664. The van der Waals surface area contributed by atoms with Crippen LogP contribution < -0.4 is 0 Å². The van der Waals surface area contributed by atoms with E-state index in [0.717, 1.165) is 18.5 Å². The summed E-state index contributed by atoms with van der Waals surface area (Å²) in [5.74, 6) is 0.416. The van der Waals surface area contributed by atoms with Crippen LogP contribution in [-0.2, 0) is 4.79 Å². The Hall–Kier alpha value is -1.31. The lowest BCUT2D eigenvalue weighted by atomic mass is 9.88. The summed E-state index contributed by atoms with van der Waals surface area (Å²) in [5, 5.41) is 0. The smallest absolute Gasteiger partial charge is 0.229 e. The second-order valence-corrected chi connectivity index (χ2v) is 4.26. The monoisotopic (exact) mass is 219 g/mol. The van der Waals surface area contributed by atoms with Crippen molar-refractivity contribution in [3.63, 3.8) is 0 Å². The number of likely N-dealkylation sites (N-methyl/N-ethyl adjacent to an activating group) is 1. The number of carbonyl (C=O) groups is 1. The minimum atomic E-state index is 0.201. The second kappa shape index (κ2) is 6.31. The molecule has 0 saturated heterocycles. The summed E-state index contributed by atoms with van der Waals surface area (Å²) in [6, 6.07) is 0. The standard InChI is InChI=1S/C14H21NO/c1-4-9-13(5-2)15(3)14(16)12-10-7-6-8-11-12/h4-5,9,12H,1-2,6-8,10-11H2,3H3. The summed E-state index contributed by atoms with van der Waals surface area (Å²) in [7, 11) is 1.81. The summed E-state index contributed by atoms with van der Waals surface area (Å²) in [6.45, 7) is 7.36. The van der Waals surface area contributed by atoms with Gasteiger partial charge in [-0.05, 0) is 25.0 Å².